The summed E-state index contributed by atoms with van der Waals surface area (Å²) in [6.07, 6.45) is 0. The van der Waals surface area contributed by atoms with Crippen molar-refractivity contribution < 1.29 is 19.4 Å². The van der Waals surface area contributed by atoms with Crippen LogP contribution in [-0.4, -0.2) is 23.5 Å². The Morgan fingerprint density at radius 3 is 2.50 bits per heavy atom. The van der Waals surface area contributed by atoms with Gasteiger partial charge in [-0.05, 0) is 18.2 Å². The highest BCUT2D eigenvalue weighted by Crippen LogP contribution is 2.22. The fourth-order valence-corrected chi connectivity index (χ4v) is 1.76. The molecule has 102 valence electrons. The number of hydrogen-bond acceptors (Lipinski definition) is 4. The molecule has 5 heteroatoms. The molecule has 2 aromatic rings. The van der Waals surface area contributed by atoms with E-state index in [-0.39, 0.29) is 17.1 Å². The molecular formula is C15H11ClO4. The highest BCUT2D eigenvalue weighted by atomic mass is 35.5. The molecule has 0 fully saturated rings. The van der Waals surface area contributed by atoms with E-state index < -0.39 is 12.6 Å². The van der Waals surface area contributed by atoms with E-state index in [2.05, 4.69) is 0 Å². The summed E-state index contributed by atoms with van der Waals surface area (Å²) in [5, 5.41) is 9.84. The minimum Gasteiger partial charge on any atom is -0.507 e. The van der Waals surface area contributed by atoms with Crippen LogP contribution in [-0.2, 0) is 4.74 Å². The molecule has 0 aliphatic carbocycles. The Balaban J connectivity index is 2.02. The lowest BCUT2D eigenvalue weighted by Gasteiger charge is -2.06. The lowest BCUT2D eigenvalue weighted by atomic mass is 10.1. The highest BCUT2D eigenvalue weighted by Gasteiger charge is 2.15. The number of halogens is 1. The Bertz CT molecular complexity index is 638. The van der Waals surface area contributed by atoms with Crippen molar-refractivity contribution in [2.24, 2.45) is 0 Å². The van der Waals surface area contributed by atoms with Crippen molar-refractivity contribution in [1.29, 1.82) is 0 Å². The first kappa shape index (κ1) is 14.1. The smallest absolute Gasteiger partial charge is 0.342 e. The van der Waals surface area contributed by atoms with Crippen molar-refractivity contribution in [2.75, 3.05) is 6.61 Å². The number of esters is 1. The van der Waals surface area contributed by atoms with E-state index in [1.807, 2.05) is 0 Å². The normalized spacial score (nSPS) is 10.1. The SMILES string of the molecule is O=C(COC(=O)c1cc(Cl)ccc1O)c1ccccc1. The summed E-state index contributed by atoms with van der Waals surface area (Å²) in [6.45, 7) is -0.394. The van der Waals surface area contributed by atoms with Gasteiger partial charge < -0.3 is 9.84 Å². The second kappa shape index (κ2) is 6.21. The molecule has 0 amide bonds. The largest absolute Gasteiger partial charge is 0.507 e. The van der Waals surface area contributed by atoms with E-state index in [1.54, 1.807) is 30.3 Å². The number of ether oxygens (including phenoxy) is 1. The fourth-order valence-electron chi connectivity index (χ4n) is 1.59. The molecule has 0 aromatic heterocycles. The van der Waals surface area contributed by atoms with Crippen molar-refractivity contribution in [2.45, 2.75) is 0 Å². The number of carbonyl (C=O) groups excluding carboxylic acids is 2. The quantitative estimate of drug-likeness (QED) is 0.694. The molecule has 0 aliphatic heterocycles. The van der Waals surface area contributed by atoms with Gasteiger partial charge in [-0.25, -0.2) is 4.79 Å². The molecule has 0 saturated carbocycles. The molecule has 0 unspecified atom stereocenters. The maximum atomic E-state index is 11.8. The number of aromatic hydroxyl groups is 1. The maximum absolute atomic E-state index is 11.8. The molecule has 4 nitrogen and oxygen atoms in total. The standard InChI is InChI=1S/C15H11ClO4/c16-11-6-7-13(17)12(8-11)15(19)20-9-14(18)10-4-2-1-3-5-10/h1-8,17H,9H2. The van der Waals surface area contributed by atoms with Crippen LogP contribution in [0.2, 0.25) is 5.02 Å². The molecule has 0 radical (unpaired) electrons. The van der Waals surface area contributed by atoms with Crippen LogP contribution in [0.3, 0.4) is 0 Å². The summed E-state index contributed by atoms with van der Waals surface area (Å²) >= 11 is 5.73. The Labute approximate surface area is 120 Å². The number of phenols is 1. The first-order valence-electron chi connectivity index (χ1n) is 5.82. The minimum absolute atomic E-state index is 0.0710. The topological polar surface area (TPSA) is 63.6 Å². The average Bonchev–Trinajstić information content (AvgIpc) is 2.47. The van der Waals surface area contributed by atoms with Crippen LogP contribution in [0.15, 0.2) is 48.5 Å². The van der Waals surface area contributed by atoms with Crippen molar-refractivity contribution in [3.8, 4) is 5.75 Å². The lowest BCUT2D eigenvalue weighted by Crippen LogP contribution is -2.14. The zero-order chi connectivity index (χ0) is 14.5. The van der Waals surface area contributed by atoms with E-state index in [4.69, 9.17) is 16.3 Å². The zero-order valence-corrected chi connectivity index (χ0v) is 11.1. The summed E-state index contributed by atoms with van der Waals surface area (Å²) in [5.41, 5.74) is 0.383. The molecule has 0 aliphatic rings. The first-order valence-corrected chi connectivity index (χ1v) is 6.19. The highest BCUT2D eigenvalue weighted by molar-refractivity contribution is 6.31. The number of ketones is 1. The van der Waals surface area contributed by atoms with Crippen molar-refractivity contribution in [1.82, 2.24) is 0 Å². The molecule has 1 N–H and O–H groups in total. The third kappa shape index (κ3) is 3.36. The molecule has 0 bridgehead atoms. The van der Waals surface area contributed by atoms with Gasteiger partial charge in [0.25, 0.3) is 0 Å². The monoisotopic (exact) mass is 290 g/mol. The van der Waals surface area contributed by atoms with Gasteiger partial charge in [0.05, 0.1) is 0 Å². The number of rotatable bonds is 4. The first-order chi connectivity index (χ1) is 9.58. The summed E-state index contributed by atoms with van der Waals surface area (Å²) in [6, 6.07) is 12.5. The van der Waals surface area contributed by atoms with Crippen LogP contribution in [0.25, 0.3) is 0 Å². The molecule has 0 atom stereocenters. The molecule has 2 rings (SSSR count). The van der Waals surface area contributed by atoms with Gasteiger partial charge in [-0.2, -0.15) is 0 Å². The van der Waals surface area contributed by atoms with Crippen molar-refractivity contribution in [3.63, 3.8) is 0 Å². The van der Waals surface area contributed by atoms with Gasteiger partial charge in [-0.15, -0.1) is 0 Å². The Morgan fingerprint density at radius 1 is 1.10 bits per heavy atom. The van der Waals surface area contributed by atoms with E-state index in [0.717, 1.165) is 0 Å². The lowest BCUT2D eigenvalue weighted by molar-refractivity contribution is 0.0472. The van der Waals surface area contributed by atoms with Crippen LogP contribution in [0.1, 0.15) is 20.7 Å². The van der Waals surface area contributed by atoms with Crippen LogP contribution in [0, 0.1) is 0 Å². The third-order valence-electron chi connectivity index (χ3n) is 2.61. The van der Waals surface area contributed by atoms with E-state index in [0.29, 0.717) is 10.6 Å². The number of hydrogen-bond donors (Lipinski definition) is 1. The van der Waals surface area contributed by atoms with Crippen LogP contribution in [0.5, 0.6) is 5.75 Å². The molecule has 0 spiro atoms. The van der Waals surface area contributed by atoms with Crippen LogP contribution >= 0.6 is 11.6 Å². The van der Waals surface area contributed by atoms with E-state index in [1.165, 1.54) is 18.2 Å². The molecule has 0 heterocycles. The van der Waals surface area contributed by atoms with Gasteiger partial charge in [0.15, 0.2) is 12.4 Å². The molecule has 0 saturated heterocycles. The zero-order valence-electron chi connectivity index (χ0n) is 10.4. The maximum Gasteiger partial charge on any atom is 0.342 e. The van der Waals surface area contributed by atoms with Gasteiger partial charge in [0, 0.05) is 10.6 Å². The van der Waals surface area contributed by atoms with Crippen LogP contribution in [0.4, 0.5) is 0 Å². The van der Waals surface area contributed by atoms with E-state index >= 15 is 0 Å². The van der Waals surface area contributed by atoms with E-state index in [9.17, 15) is 14.7 Å². The van der Waals surface area contributed by atoms with Gasteiger partial charge in [-0.1, -0.05) is 41.9 Å². The van der Waals surface area contributed by atoms with Gasteiger partial charge in [0.1, 0.15) is 11.3 Å². The second-order valence-electron chi connectivity index (χ2n) is 4.03. The predicted octanol–water partition coefficient (Wildman–Crippen LogP) is 3.09. The Kier molecular flexibility index (Phi) is 4.38. The Morgan fingerprint density at radius 2 is 1.80 bits per heavy atom. The number of Topliss-reactive ketones (excluding diaryl/α,β-unsaturated/α-hetero) is 1. The number of carbonyl (C=O) groups is 2. The predicted molar refractivity (Wildman–Crippen MR) is 74.2 cm³/mol. The van der Waals surface area contributed by atoms with Crippen molar-refractivity contribution >= 4 is 23.4 Å². The van der Waals surface area contributed by atoms with Gasteiger partial charge >= 0.3 is 5.97 Å². The minimum atomic E-state index is -0.797. The van der Waals surface area contributed by atoms with Crippen molar-refractivity contribution in [3.05, 3.63) is 64.7 Å². The average molecular weight is 291 g/mol. The summed E-state index contributed by atoms with van der Waals surface area (Å²) in [7, 11) is 0. The summed E-state index contributed by atoms with van der Waals surface area (Å²) in [4.78, 5) is 23.5. The summed E-state index contributed by atoms with van der Waals surface area (Å²) < 4.78 is 4.87. The van der Waals surface area contributed by atoms with Gasteiger partial charge in [-0.3, -0.25) is 4.79 Å². The number of benzene rings is 2. The summed E-state index contributed by atoms with van der Waals surface area (Å²) in [5.74, 6) is -1.36. The molecule has 2 aromatic carbocycles. The fraction of sp³-hybridized carbons (Fsp3) is 0.0667. The third-order valence-corrected chi connectivity index (χ3v) is 2.84. The molecular weight excluding hydrogens is 280 g/mol. The Hall–Kier alpha value is -2.33. The van der Waals surface area contributed by atoms with Gasteiger partial charge in [0.2, 0.25) is 0 Å². The second-order valence-corrected chi connectivity index (χ2v) is 4.46. The van der Waals surface area contributed by atoms with Crippen LogP contribution < -0.4 is 0 Å². The number of phenolic OH excluding ortho intramolecular Hbond substituents is 1. The molecule has 20 heavy (non-hydrogen) atoms.